The summed E-state index contributed by atoms with van der Waals surface area (Å²) in [5.74, 6) is 0. The van der Waals surface area contributed by atoms with Gasteiger partial charge in [-0.1, -0.05) is 27.5 Å². The lowest BCUT2D eigenvalue weighted by molar-refractivity contribution is 0.843. The smallest absolute Gasteiger partial charge is 0.0648 e. The van der Waals surface area contributed by atoms with Crippen molar-refractivity contribution < 1.29 is 0 Å². The Kier molecular flexibility index (Phi) is 4.71. The van der Waals surface area contributed by atoms with Gasteiger partial charge >= 0.3 is 0 Å². The Hall–Kier alpha value is -1.06. The summed E-state index contributed by atoms with van der Waals surface area (Å²) in [5.41, 5.74) is 5.54. The highest BCUT2D eigenvalue weighted by atomic mass is 79.9. The molecule has 1 heterocycles. The van der Waals surface area contributed by atoms with Crippen molar-refractivity contribution in [3.8, 4) is 0 Å². The van der Waals surface area contributed by atoms with Gasteiger partial charge in [-0.2, -0.15) is 0 Å². The van der Waals surface area contributed by atoms with E-state index in [-0.39, 0.29) is 6.04 Å². The fraction of sp³-hybridized carbons (Fsp3) is 0.312. The Balaban J connectivity index is 2.31. The first-order valence-corrected chi connectivity index (χ1v) is 7.72. The van der Waals surface area contributed by atoms with Crippen LogP contribution in [-0.4, -0.2) is 4.98 Å². The summed E-state index contributed by atoms with van der Waals surface area (Å²) in [5, 5.41) is 4.17. The quantitative estimate of drug-likeness (QED) is 0.777. The minimum Gasteiger partial charge on any atom is -0.377 e. The molecule has 1 N–H and O–H groups in total. The van der Waals surface area contributed by atoms with Crippen LogP contribution in [0.3, 0.4) is 0 Å². The van der Waals surface area contributed by atoms with E-state index in [1.165, 1.54) is 11.1 Å². The number of pyridine rings is 1. The van der Waals surface area contributed by atoms with Gasteiger partial charge in [0.05, 0.1) is 16.8 Å². The normalized spacial score (nSPS) is 12.3. The van der Waals surface area contributed by atoms with Crippen LogP contribution >= 0.6 is 27.5 Å². The molecule has 1 unspecified atom stereocenters. The maximum absolute atomic E-state index is 6.26. The van der Waals surface area contributed by atoms with E-state index in [1.807, 2.05) is 25.1 Å². The molecule has 2 nitrogen and oxygen atoms in total. The van der Waals surface area contributed by atoms with E-state index in [0.29, 0.717) is 5.02 Å². The summed E-state index contributed by atoms with van der Waals surface area (Å²) in [6.07, 6.45) is 0. The third-order valence-electron chi connectivity index (χ3n) is 3.32. The van der Waals surface area contributed by atoms with Gasteiger partial charge in [-0.3, -0.25) is 4.98 Å². The Labute approximate surface area is 133 Å². The van der Waals surface area contributed by atoms with Crippen LogP contribution in [0.1, 0.15) is 35.5 Å². The highest BCUT2D eigenvalue weighted by Crippen LogP contribution is 2.30. The van der Waals surface area contributed by atoms with Crippen LogP contribution in [0.4, 0.5) is 5.69 Å². The third-order valence-corrected chi connectivity index (χ3v) is 4.13. The number of aryl methyl sites for hydroxylation is 3. The molecule has 106 valence electrons. The van der Waals surface area contributed by atoms with E-state index in [9.17, 15) is 0 Å². The molecule has 1 aromatic heterocycles. The number of benzene rings is 1. The van der Waals surface area contributed by atoms with Gasteiger partial charge in [0.25, 0.3) is 0 Å². The first-order chi connectivity index (χ1) is 9.38. The molecule has 1 aromatic carbocycles. The van der Waals surface area contributed by atoms with Crippen molar-refractivity contribution in [3.05, 3.63) is 56.3 Å². The zero-order valence-corrected chi connectivity index (χ0v) is 14.4. The number of rotatable bonds is 3. The lowest BCUT2D eigenvalue weighted by atomic mass is 10.00. The lowest BCUT2D eigenvalue weighted by Gasteiger charge is -2.21. The van der Waals surface area contributed by atoms with E-state index >= 15 is 0 Å². The topological polar surface area (TPSA) is 24.9 Å². The summed E-state index contributed by atoms with van der Waals surface area (Å²) in [6.45, 7) is 8.33. The van der Waals surface area contributed by atoms with E-state index in [2.05, 4.69) is 53.1 Å². The van der Waals surface area contributed by atoms with Crippen LogP contribution in [0.2, 0.25) is 5.02 Å². The van der Waals surface area contributed by atoms with Crippen molar-refractivity contribution in [2.45, 2.75) is 33.7 Å². The summed E-state index contributed by atoms with van der Waals surface area (Å²) in [6, 6.07) is 8.12. The number of nitrogens with one attached hydrogen (secondary N) is 1. The number of hydrogen-bond acceptors (Lipinski definition) is 2. The minimum atomic E-state index is 0.154. The SMILES string of the molecule is Cc1cc(C)c(C(C)Nc2ccc(Br)cc2Cl)c(C)n1. The molecule has 0 aliphatic carbocycles. The predicted octanol–water partition coefficient (Wildman–Crippen LogP) is 5.60. The fourth-order valence-corrected chi connectivity index (χ4v) is 3.33. The predicted molar refractivity (Wildman–Crippen MR) is 89.6 cm³/mol. The molecule has 2 aromatic rings. The van der Waals surface area contributed by atoms with Gasteiger partial charge in [0.15, 0.2) is 0 Å². The van der Waals surface area contributed by atoms with Gasteiger partial charge < -0.3 is 5.32 Å². The molecular formula is C16H18BrClN2. The minimum absolute atomic E-state index is 0.154. The van der Waals surface area contributed by atoms with E-state index < -0.39 is 0 Å². The molecule has 0 fully saturated rings. The molecular weight excluding hydrogens is 336 g/mol. The van der Waals surface area contributed by atoms with Crippen molar-refractivity contribution in [1.29, 1.82) is 0 Å². The highest BCUT2D eigenvalue weighted by Gasteiger charge is 2.14. The van der Waals surface area contributed by atoms with Crippen molar-refractivity contribution in [3.63, 3.8) is 0 Å². The third kappa shape index (κ3) is 3.33. The van der Waals surface area contributed by atoms with Crippen LogP contribution in [0.5, 0.6) is 0 Å². The molecule has 0 saturated heterocycles. The summed E-state index contributed by atoms with van der Waals surface area (Å²) in [4.78, 5) is 4.55. The Bertz CT molecular complexity index is 617. The number of anilines is 1. The maximum Gasteiger partial charge on any atom is 0.0648 e. The van der Waals surface area contributed by atoms with E-state index in [0.717, 1.165) is 21.5 Å². The fourth-order valence-electron chi connectivity index (χ4n) is 2.60. The molecule has 0 amide bonds. The second-order valence-electron chi connectivity index (χ2n) is 5.07. The van der Waals surface area contributed by atoms with Crippen LogP contribution in [0, 0.1) is 20.8 Å². The van der Waals surface area contributed by atoms with Gasteiger partial charge in [-0.25, -0.2) is 0 Å². The van der Waals surface area contributed by atoms with Crippen LogP contribution in [0.25, 0.3) is 0 Å². The second-order valence-corrected chi connectivity index (χ2v) is 6.39. The van der Waals surface area contributed by atoms with Crippen LogP contribution < -0.4 is 5.32 Å². The van der Waals surface area contributed by atoms with Crippen molar-refractivity contribution in [2.75, 3.05) is 5.32 Å². The number of hydrogen-bond donors (Lipinski definition) is 1. The molecule has 4 heteroatoms. The second kappa shape index (κ2) is 6.15. The van der Waals surface area contributed by atoms with Gasteiger partial charge in [0.1, 0.15) is 0 Å². The molecule has 0 spiro atoms. The van der Waals surface area contributed by atoms with E-state index in [1.54, 1.807) is 0 Å². The van der Waals surface area contributed by atoms with Gasteiger partial charge in [-0.15, -0.1) is 0 Å². The molecule has 0 aliphatic rings. The van der Waals surface area contributed by atoms with Gasteiger partial charge in [0.2, 0.25) is 0 Å². The molecule has 0 bridgehead atoms. The largest absolute Gasteiger partial charge is 0.377 e. The highest BCUT2D eigenvalue weighted by molar-refractivity contribution is 9.10. The molecule has 2 rings (SSSR count). The molecule has 1 atom stereocenters. The van der Waals surface area contributed by atoms with Crippen LogP contribution in [0.15, 0.2) is 28.7 Å². The summed E-state index contributed by atoms with van der Waals surface area (Å²) in [7, 11) is 0. The van der Waals surface area contributed by atoms with Crippen LogP contribution in [-0.2, 0) is 0 Å². The number of halogens is 2. The van der Waals surface area contributed by atoms with E-state index in [4.69, 9.17) is 11.6 Å². The number of nitrogens with zero attached hydrogens (tertiary/aromatic N) is 1. The average Bonchev–Trinajstić information content (AvgIpc) is 2.31. The monoisotopic (exact) mass is 352 g/mol. The Morgan fingerprint density at radius 2 is 1.90 bits per heavy atom. The average molecular weight is 354 g/mol. The van der Waals surface area contributed by atoms with Crippen molar-refractivity contribution in [1.82, 2.24) is 4.98 Å². The first kappa shape index (κ1) is 15.3. The van der Waals surface area contributed by atoms with Gasteiger partial charge in [0, 0.05) is 15.9 Å². The Morgan fingerprint density at radius 1 is 1.20 bits per heavy atom. The van der Waals surface area contributed by atoms with Crippen molar-refractivity contribution in [2.24, 2.45) is 0 Å². The summed E-state index contributed by atoms with van der Waals surface area (Å²) >= 11 is 9.67. The summed E-state index contributed by atoms with van der Waals surface area (Å²) < 4.78 is 0.977. The zero-order chi connectivity index (χ0) is 14.9. The first-order valence-electron chi connectivity index (χ1n) is 6.55. The maximum atomic E-state index is 6.26. The molecule has 0 aliphatic heterocycles. The number of aromatic nitrogens is 1. The standard InChI is InChI=1S/C16H18BrClN2/c1-9-7-10(2)19-11(3)16(9)12(4)20-15-6-5-13(17)8-14(15)18/h5-8,12,20H,1-4H3. The van der Waals surface area contributed by atoms with Crippen molar-refractivity contribution >= 4 is 33.2 Å². The lowest BCUT2D eigenvalue weighted by Crippen LogP contribution is -2.11. The molecule has 0 saturated carbocycles. The Morgan fingerprint density at radius 3 is 2.50 bits per heavy atom. The zero-order valence-electron chi connectivity index (χ0n) is 12.1. The van der Waals surface area contributed by atoms with Gasteiger partial charge in [-0.05, 0) is 63.1 Å². The molecule has 0 radical (unpaired) electrons. The molecule has 20 heavy (non-hydrogen) atoms.